The molecule has 0 atom stereocenters. The highest BCUT2D eigenvalue weighted by Crippen LogP contribution is 2.13. The van der Waals surface area contributed by atoms with Crippen molar-refractivity contribution in [2.45, 2.75) is 20.3 Å². The molecule has 0 aliphatic carbocycles. The van der Waals surface area contributed by atoms with E-state index in [9.17, 15) is 9.18 Å². The molecule has 2 aromatic rings. The van der Waals surface area contributed by atoms with Gasteiger partial charge in [0.1, 0.15) is 5.82 Å². The molecule has 0 N–H and O–H groups in total. The van der Waals surface area contributed by atoms with Crippen molar-refractivity contribution in [3.8, 4) is 0 Å². The van der Waals surface area contributed by atoms with Crippen LogP contribution < -0.4 is 0 Å². The Balaban J connectivity index is 2.19. The molecule has 0 radical (unpaired) electrons. The second-order valence-electron chi connectivity index (χ2n) is 4.39. The number of pyridine rings is 1. The minimum atomic E-state index is -0.322. The van der Waals surface area contributed by atoms with Crippen LogP contribution in [0.2, 0.25) is 0 Å². The Hall–Kier alpha value is -2.03. The third kappa shape index (κ3) is 2.80. The van der Waals surface area contributed by atoms with Crippen molar-refractivity contribution in [2.75, 3.05) is 0 Å². The molecule has 1 aromatic heterocycles. The summed E-state index contributed by atoms with van der Waals surface area (Å²) < 4.78 is 13.0. The van der Waals surface area contributed by atoms with Gasteiger partial charge in [0.25, 0.3) is 0 Å². The van der Waals surface area contributed by atoms with Crippen LogP contribution in [-0.4, -0.2) is 10.8 Å². The highest BCUT2D eigenvalue weighted by molar-refractivity contribution is 5.98. The Kier molecular flexibility index (Phi) is 3.51. The predicted molar refractivity (Wildman–Crippen MR) is 68.1 cm³/mol. The molecule has 0 amide bonds. The number of aryl methyl sites for hydroxylation is 2. The zero-order chi connectivity index (χ0) is 13.1. The fourth-order valence-corrected chi connectivity index (χ4v) is 1.80. The zero-order valence-corrected chi connectivity index (χ0v) is 10.4. The number of aromatic nitrogens is 1. The van der Waals surface area contributed by atoms with Gasteiger partial charge < -0.3 is 0 Å². The second kappa shape index (κ2) is 5.08. The number of hydrogen-bond acceptors (Lipinski definition) is 2. The number of Topliss-reactive ketones (excluding diaryl/α,β-unsaturated/α-hetero) is 1. The van der Waals surface area contributed by atoms with E-state index in [1.54, 1.807) is 13.1 Å². The number of benzene rings is 1. The van der Waals surface area contributed by atoms with E-state index in [0.717, 1.165) is 11.3 Å². The van der Waals surface area contributed by atoms with Crippen LogP contribution in [0, 0.1) is 19.7 Å². The molecule has 3 heteroatoms. The molecule has 18 heavy (non-hydrogen) atoms. The number of carbonyl (C=O) groups is 1. The predicted octanol–water partition coefficient (Wildman–Crippen LogP) is 3.26. The first-order chi connectivity index (χ1) is 8.56. The van der Waals surface area contributed by atoms with Gasteiger partial charge in [-0.25, -0.2) is 4.39 Å². The molecule has 0 aliphatic heterocycles. The van der Waals surface area contributed by atoms with Crippen LogP contribution >= 0.6 is 0 Å². The number of rotatable bonds is 3. The molecule has 2 rings (SSSR count). The van der Waals surface area contributed by atoms with Gasteiger partial charge in [-0.3, -0.25) is 9.78 Å². The molecule has 0 spiro atoms. The molecule has 0 aliphatic rings. The summed E-state index contributed by atoms with van der Waals surface area (Å²) in [6.07, 6.45) is 1.98. The molecular weight excluding hydrogens is 229 g/mol. The van der Waals surface area contributed by atoms with Crippen LogP contribution in [0.15, 0.2) is 36.5 Å². The first kappa shape index (κ1) is 12.4. The summed E-state index contributed by atoms with van der Waals surface area (Å²) in [5.74, 6) is -0.360. The van der Waals surface area contributed by atoms with Crippen LogP contribution in [0.4, 0.5) is 4.39 Å². The summed E-state index contributed by atoms with van der Waals surface area (Å²) in [6.45, 7) is 3.68. The number of ketones is 1. The largest absolute Gasteiger partial charge is 0.294 e. The number of hydrogen-bond donors (Lipinski definition) is 0. The molecule has 0 unspecified atom stereocenters. The van der Waals surface area contributed by atoms with Gasteiger partial charge in [0.2, 0.25) is 0 Å². The standard InChI is InChI=1S/C15H14FNO/c1-10-3-5-13(17-9-10)8-15(18)14-6-4-12(16)7-11(14)2/h3-7,9H,8H2,1-2H3. The van der Waals surface area contributed by atoms with E-state index >= 15 is 0 Å². The lowest BCUT2D eigenvalue weighted by Crippen LogP contribution is -2.07. The molecule has 1 aromatic carbocycles. The molecule has 2 nitrogen and oxygen atoms in total. The molecule has 0 saturated carbocycles. The second-order valence-corrected chi connectivity index (χ2v) is 4.39. The molecular formula is C15H14FNO. The summed E-state index contributed by atoms with van der Waals surface area (Å²) in [7, 11) is 0. The maximum absolute atomic E-state index is 13.0. The SMILES string of the molecule is Cc1ccc(CC(=O)c2ccc(F)cc2C)nc1. The lowest BCUT2D eigenvalue weighted by molar-refractivity contribution is 0.0991. The van der Waals surface area contributed by atoms with Gasteiger partial charge in [-0.2, -0.15) is 0 Å². The Morgan fingerprint density at radius 2 is 2.00 bits per heavy atom. The van der Waals surface area contributed by atoms with Gasteiger partial charge in [-0.05, 0) is 49.2 Å². The van der Waals surface area contributed by atoms with Crippen molar-refractivity contribution in [2.24, 2.45) is 0 Å². The van der Waals surface area contributed by atoms with Crippen molar-refractivity contribution < 1.29 is 9.18 Å². The summed E-state index contributed by atoms with van der Waals surface area (Å²) in [5, 5.41) is 0. The molecule has 0 fully saturated rings. The minimum Gasteiger partial charge on any atom is -0.294 e. The van der Waals surface area contributed by atoms with Crippen LogP contribution in [0.5, 0.6) is 0 Å². The van der Waals surface area contributed by atoms with Gasteiger partial charge in [0.15, 0.2) is 5.78 Å². The maximum atomic E-state index is 13.0. The van der Waals surface area contributed by atoms with Gasteiger partial charge in [-0.15, -0.1) is 0 Å². The Morgan fingerprint density at radius 3 is 2.61 bits per heavy atom. The van der Waals surface area contributed by atoms with E-state index in [0.29, 0.717) is 11.1 Å². The molecule has 0 saturated heterocycles. The zero-order valence-electron chi connectivity index (χ0n) is 10.4. The normalized spacial score (nSPS) is 10.4. The first-order valence-electron chi connectivity index (χ1n) is 5.77. The fourth-order valence-electron chi connectivity index (χ4n) is 1.80. The third-order valence-electron chi connectivity index (χ3n) is 2.80. The smallest absolute Gasteiger partial charge is 0.169 e. The van der Waals surface area contributed by atoms with Crippen molar-refractivity contribution in [1.82, 2.24) is 4.98 Å². The van der Waals surface area contributed by atoms with Gasteiger partial charge in [-0.1, -0.05) is 6.07 Å². The Bertz CT molecular complexity index is 576. The van der Waals surface area contributed by atoms with E-state index in [4.69, 9.17) is 0 Å². The monoisotopic (exact) mass is 243 g/mol. The van der Waals surface area contributed by atoms with Crippen molar-refractivity contribution >= 4 is 5.78 Å². The quantitative estimate of drug-likeness (QED) is 0.774. The van der Waals surface area contributed by atoms with Crippen LogP contribution in [0.1, 0.15) is 27.2 Å². The Morgan fingerprint density at radius 1 is 1.22 bits per heavy atom. The summed E-state index contributed by atoms with van der Waals surface area (Å²) >= 11 is 0. The fraction of sp³-hybridized carbons (Fsp3) is 0.200. The summed E-state index contributed by atoms with van der Waals surface area (Å²) in [5.41, 5.74) is 3.00. The van der Waals surface area contributed by atoms with Crippen molar-refractivity contribution in [3.63, 3.8) is 0 Å². The average molecular weight is 243 g/mol. The number of carbonyl (C=O) groups excluding carboxylic acids is 1. The Labute approximate surface area is 105 Å². The van der Waals surface area contributed by atoms with Crippen LogP contribution in [0.25, 0.3) is 0 Å². The van der Waals surface area contributed by atoms with Crippen LogP contribution in [-0.2, 0) is 6.42 Å². The molecule has 0 bridgehead atoms. The molecule has 92 valence electrons. The third-order valence-corrected chi connectivity index (χ3v) is 2.80. The van der Waals surface area contributed by atoms with Crippen LogP contribution in [0.3, 0.4) is 0 Å². The van der Waals surface area contributed by atoms with Gasteiger partial charge >= 0.3 is 0 Å². The summed E-state index contributed by atoms with van der Waals surface area (Å²) in [6, 6.07) is 7.97. The maximum Gasteiger partial charge on any atom is 0.169 e. The van der Waals surface area contributed by atoms with Crippen molar-refractivity contribution in [1.29, 1.82) is 0 Å². The van der Waals surface area contributed by atoms with Gasteiger partial charge in [0, 0.05) is 17.5 Å². The molecule has 1 heterocycles. The van der Waals surface area contributed by atoms with E-state index in [1.165, 1.54) is 18.2 Å². The van der Waals surface area contributed by atoms with E-state index in [2.05, 4.69) is 4.98 Å². The van der Waals surface area contributed by atoms with Gasteiger partial charge in [0.05, 0.1) is 6.42 Å². The highest BCUT2D eigenvalue weighted by Gasteiger charge is 2.11. The van der Waals surface area contributed by atoms with E-state index in [1.807, 2.05) is 19.1 Å². The lowest BCUT2D eigenvalue weighted by Gasteiger charge is -2.05. The lowest BCUT2D eigenvalue weighted by atomic mass is 10.0. The highest BCUT2D eigenvalue weighted by atomic mass is 19.1. The average Bonchev–Trinajstić information content (AvgIpc) is 2.32. The van der Waals surface area contributed by atoms with Crippen molar-refractivity contribution in [3.05, 3.63) is 64.7 Å². The van der Waals surface area contributed by atoms with E-state index in [-0.39, 0.29) is 18.0 Å². The topological polar surface area (TPSA) is 30.0 Å². The summed E-state index contributed by atoms with van der Waals surface area (Å²) in [4.78, 5) is 16.3. The van der Waals surface area contributed by atoms with E-state index < -0.39 is 0 Å². The number of halogens is 1. The first-order valence-corrected chi connectivity index (χ1v) is 5.77. The number of nitrogens with zero attached hydrogens (tertiary/aromatic N) is 1. The minimum absolute atomic E-state index is 0.0381.